The van der Waals surface area contributed by atoms with Gasteiger partial charge in [0.1, 0.15) is 5.37 Å². The Morgan fingerprint density at radius 1 is 1.07 bits per heavy atom. The average Bonchev–Trinajstić information content (AvgIpc) is 3.10. The molecule has 1 aliphatic rings. The molecule has 1 aliphatic heterocycles. The molecule has 0 aromatic heterocycles. The van der Waals surface area contributed by atoms with Crippen molar-refractivity contribution < 1.29 is 9.59 Å². The molecule has 146 valence electrons. The monoisotopic (exact) mass is 466 g/mol. The van der Waals surface area contributed by atoms with Gasteiger partial charge in [0.25, 0.3) is 5.91 Å². The van der Waals surface area contributed by atoms with Gasteiger partial charge in [0.05, 0.1) is 5.75 Å². The zero-order chi connectivity index (χ0) is 20.4. The number of carbonyl (C=O) groups is 2. The van der Waals surface area contributed by atoms with E-state index in [2.05, 4.69) is 21.2 Å². The lowest BCUT2D eigenvalue weighted by Gasteiger charge is -2.25. The van der Waals surface area contributed by atoms with Crippen molar-refractivity contribution >= 4 is 50.9 Å². The summed E-state index contributed by atoms with van der Waals surface area (Å²) < 4.78 is 0.861. The molecule has 4 rings (SSSR count). The van der Waals surface area contributed by atoms with E-state index in [1.54, 1.807) is 23.9 Å². The molecule has 1 saturated heterocycles. The molecule has 1 atom stereocenters. The van der Waals surface area contributed by atoms with Crippen LogP contribution in [0.1, 0.15) is 26.9 Å². The van der Waals surface area contributed by atoms with Crippen LogP contribution in [0.3, 0.4) is 0 Å². The Bertz CT molecular complexity index is 1070. The molecule has 3 aromatic carbocycles. The molecule has 0 radical (unpaired) electrons. The largest absolute Gasteiger partial charge is 0.322 e. The lowest BCUT2D eigenvalue weighted by molar-refractivity contribution is -0.115. The smallest absolute Gasteiger partial charge is 0.255 e. The topological polar surface area (TPSA) is 49.4 Å². The predicted molar refractivity (Wildman–Crippen MR) is 122 cm³/mol. The first kappa shape index (κ1) is 19.7. The summed E-state index contributed by atoms with van der Waals surface area (Å²) in [6, 6.07) is 23.0. The minimum absolute atomic E-state index is 0.0702. The lowest BCUT2D eigenvalue weighted by atomic mass is 10.1. The van der Waals surface area contributed by atoms with Crippen LogP contribution in [-0.2, 0) is 4.79 Å². The van der Waals surface area contributed by atoms with Crippen molar-refractivity contribution in [3.8, 4) is 0 Å². The van der Waals surface area contributed by atoms with Crippen LogP contribution in [0, 0.1) is 6.92 Å². The van der Waals surface area contributed by atoms with Crippen molar-refractivity contribution in [3.63, 3.8) is 0 Å². The van der Waals surface area contributed by atoms with Gasteiger partial charge in [-0.1, -0.05) is 46.3 Å². The third-order valence-electron chi connectivity index (χ3n) is 4.69. The number of benzene rings is 3. The molecule has 1 N–H and O–H groups in total. The van der Waals surface area contributed by atoms with E-state index in [4.69, 9.17) is 0 Å². The SMILES string of the molecule is Cc1cccc(N2C(=O)CS[C@H]2c2ccc(NC(=O)c3cccc(Br)c3)cc2)c1. The highest BCUT2D eigenvalue weighted by Gasteiger charge is 2.34. The Kier molecular flexibility index (Phi) is 5.74. The minimum atomic E-state index is -0.161. The van der Waals surface area contributed by atoms with Crippen molar-refractivity contribution in [3.05, 3.63) is 94.0 Å². The Hall–Kier alpha value is -2.57. The van der Waals surface area contributed by atoms with Crippen molar-refractivity contribution in [2.45, 2.75) is 12.3 Å². The Morgan fingerprint density at radius 2 is 1.83 bits per heavy atom. The predicted octanol–water partition coefficient (Wildman–Crippen LogP) is 5.79. The molecule has 6 heteroatoms. The first-order valence-electron chi connectivity index (χ1n) is 9.18. The van der Waals surface area contributed by atoms with Crippen molar-refractivity contribution in [2.75, 3.05) is 16.0 Å². The maximum atomic E-state index is 12.5. The summed E-state index contributed by atoms with van der Waals surface area (Å²) in [5.41, 5.74) is 4.37. The molecule has 0 aliphatic carbocycles. The number of thioether (sulfide) groups is 1. The van der Waals surface area contributed by atoms with Crippen molar-refractivity contribution in [1.82, 2.24) is 0 Å². The molecular weight excluding hydrogens is 448 g/mol. The van der Waals surface area contributed by atoms with E-state index >= 15 is 0 Å². The molecule has 0 bridgehead atoms. The number of aryl methyl sites for hydroxylation is 1. The van der Waals surface area contributed by atoms with Crippen LogP contribution < -0.4 is 10.2 Å². The summed E-state index contributed by atoms with van der Waals surface area (Å²) in [5, 5.41) is 2.85. The second kappa shape index (κ2) is 8.43. The molecule has 1 heterocycles. The highest BCUT2D eigenvalue weighted by molar-refractivity contribution is 9.10. The lowest BCUT2D eigenvalue weighted by Crippen LogP contribution is -2.27. The summed E-state index contributed by atoms with van der Waals surface area (Å²) in [5.74, 6) is 0.406. The van der Waals surface area contributed by atoms with Crippen LogP contribution >= 0.6 is 27.7 Å². The average molecular weight is 467 g/mol. The van der Waals surface area contributed by atoms with Crippen LogP contribution in [0.4, 0.5) is 11.4 Å². The van der Waals surface area contributed by atoms with Gasteiger partial charge in [0.2, 0.25) is 5.91 Å². The Morgan fingerprint density at radius 3 is 2.55 bits per heavy atom. The number of nitrogens with one attached hydrogen (secondary N) is 1. The van der Waals surface area contributed by atoms with Crippen LogP contribution in [0.15, 0.2) is 77.3 Å². The number of amides is 2. The zero-order valence-corrected chi connectivity index (χ0v) is 18.2. The third-order valence-corrected chi connectivity index (χ3v) is 6.39. The summed E-state index contributed by atoms with van der Waals surface area (Å²) in [7, 11) is 0. The third kappa shape index (κ3) is 4.38. The number of rotatable bonds is 4. The summed E-state index contributed by atoms with van der Waals surface area (Å²) in [6.07, 6.45) is 0. The normalized spacial score (nSPS) is 16.1. The highest BCUT2D eigenvalue weighted by atomic mass is 79.9. The molecular formula is C23H19BrN2O2S. The number of halogens is 1. The first-order chi connectivity index (χ1) is 14.0. The quantitative estimate of drug-likeness (QED) is 0.529. The molecule has 0 saturated carbocycles. The van der Waals surface area contributed by atoms with Crippen molar-refractivity contribution in [1.29, 1.82) is 0 Å². The standard InChI is InChI=1S/C23H19BrN2O2S/c1-15-4-2-7-20(12-15)26-21(27)14-29-23(26)16-8-10-19(11-9-16)25-22(28)17-5-3-6-18(24)13-17/h2-13,23H,14H2,1H3,(H,25,28)/t23-/m0/s1. The van der Waals surface area contributed by atoms with E-state index in [0.29, 0.717) is 11.3 Å². The Balaban J connectivity index is 1.52. The summed E-state index contributed by atoms with van der Waals surface area (Å²) in [6.45, 7) is 2.02. The maximum absolute atomic E-state index is 12.5. The Labute approximate surface area is 182 Å². The maximum Gasteiger partial charge on any atom is 0.255 e. The van der Waals surface area contributed by atoms with Gasteiger partial charge in [0, 0.05) is 21.4 Å². The molecule has 2 amide bonds. The van der Waals surface area contributed by atoms with Gasteiger partial charge < -0.3 is 5.32 Å². The number of hydrogen-bond donors (Lipinski definition) is 1. The van der Waals surface area contributed by atoms with E-state index in [1.165, 1.54) is 0 Å². The van der Waals surface area contributed by atoms with Gasteiger partial charge in [-0.2, -0.15) is 0 Å². The van der Waals surface area contributed by atoms with Gasteiger partial charge >= 0.3 is 0 Å². The molecule has 1 fully saturated rings. The highest BCUT2D eigenvalue weighted by Crippen LogP contribution is 2.42. The van der Waals surface area contributed by atoms with Crippen molar-refractivity contribution in [2.24, 2.45) is 0 Å². The second-order valence-electron chi connectivity index (χ2n) is 6.85. The number of nitrogens with zero attached hydrogens (tertiary/aromatic N) is 1. The van der Waals surface area contributed by atoms with Gasteiger partial charge in [-0.3, -0.25) is 14.5 Å². The van der Waals surface area contributed by atoms with Gasteiger partial charge in [-0.15, -0.1) is 11.8 Å². The van der Waals surface area contributed by atoms with Crippen LogP contribution in [0.2, 0.25) is 0 Å². The van der Waals surface area contributed by atoms with Crippen LogP contribution in [-0.4, -0.2) is 17.6 Å². The molecule has 0 unspecified atom stereocenters. The van der Waals surface area contributed by atoms with Gasteiger partial charge in [-0.25, -0.2) is 0 Å². The molecule has 0 spiro atoms. The zero-order valence-electron chi connectivity index (χ0n) is 15.8. The van der Waals surface area contributed by atoms with Gasteiger partial charge in [-0.05, 0) is 60.5 Å². The molecule has 29 heavy (non-hydrogen) atoms. The van der Waals surface area contributed by atoms with E-state index in [0.717, 1.165) is 27.0 Å². The van der Waals surface area contributed by atoms with Crippen LogP contribution in [0.25, 0.3) is 0 Å². The minimum Gasteiger partial charge on any atom is -0.322 e. The number of anilines is 2. The number of hydrogen-bond acceptors (Lipinski definition) is 3. The van der Waals surface area contributed by atoms with Crippen LogP contribution in [0.5, 0.6) is 0 Å². The second-order valence-corrected chi connectivity index (χ2v) is 8.84. The van der Waals surface area contributed by atoms with E-state index in [1.807, 2.05) is 72.5 Å². The van der Waals surface area contributed by atoms with E-state index < -0.39 is 0 Å². The molecule has 4 nitrogen and oxygen atoms in total. The fourth-order valence-electron chi connectivity index (χ4n) is 3.29. The van der Waals surface area contributed by atoms with Gasteiger partial charge in [0.15, 0.2) is 0 Å². The molecule has 3 aromatic rings. The fourth-order valence-corrected chi connectivity index (χ4v) is 4.87. The van der Waals surface area contributed by atoms with E-state index in [9.17, 15) is 9.59 Å². The fraction of sp³-hybridized carbons (Fsp3) is 0.130. The summed E-state index contributed by atoms with van der Waals surface area (Å²) in [4.78, 5) is 26.8. The number of carbonyl (C=O) groups excluding carboxylic acids is 2. The summed E-state index contributed by atoms with van der Waals surface area (Å²) >= 11 is 5.00. The first-order valence-corrected chi connectivity index (χ1v) is 11.0. The van der Waals surface area contributed by atoms with E-state index in [-0.39, 0.29) is 17.2 Å².